The molecule has 0 bridgehead atoms. The van der Waals surface area contributed by atoms with E-state index in [9.17, 15) is 9.59 Å². The summed E-state index contributed by atoms with van der Waals surface area (Å²) in [6.45, 7) is 3.34. The average Bonchev–Trinajstić information content (AvgIpc) is 3.03. The highest BCUT2D eigenvalue weighted by Gasteiger charge is 2.38. The number of hydrogen-bond donors (Lipinski definition) is 0. The summed E-state index contributed by atoms with van der Waals surface area (Å²) in [4.78, 5) is 24.7. The quantitative estimate of drug-likeness (QED) is 0.529. The fraction of sp³-hybridized carbons (Fsp3) is 0.263. The van der Waals surface area contributed by atoms with E-state index >= 15 is 0 Å². The number of ether oxygens (including phenoxy) is 1. The number of rotatable bonds is 5. The molecule has 1 heterocycles. The van der Waals surface area contributed by atoms with Crippen molar-refractivity contribution in [2.75, 3.05) is 7.11 Å². The smallest absolute Gasteiger partial charge is 0.318 e. The first-order valence-corrected chi connectivity index (χ1v) is 7.98. The van der Waals surface area contributed by atoms with Gasteiger partial charge in [-0.05, 0) is 37.1 Å². The van der Waals surface area contributed by atoms with Gasteiger partial charge in [0.1, 0.15) is 17.2 Å². The number of methoxy groups -OCH3 is 1. The van der Waals surface area contributed by atoms with Gasteiger partial charge < -0.3 is 4.74 Å². The minimum absolute atomic E-state index is 0.278. The van der Waals surface area contributed by atoms with E-state index in [1.54, 1.807) is 4.68 Å². The Bertz CT molecular complexity index is 932. The molecule has 0 fully saturated rings. The Morgan fingerprint density at radius 2 is 1.76 bits per heavy atom. The van der Waals surface area contributed by atoms with Crippen molar-refractivity contribution < 1.29 is 14.3 Å². The number of fused-ring (bicyclic) bond motifs is 1. The zero-order chi connectivity index (χ0) is 18.0. The van der Waals surface area contributed by atoms with Crippen LogP contribution in [0.3, 0.4) is 0 Å². The predicted octanol–water partition coefficient (Wildman–Crippen LogP) is 2.71. The molecule has 6 nitrogen and oxygen atoms in total. The Hall–Kier alpha value is -3.02. The number of aryl methyl sites for hydroxylation is 1. The van der Waals surface area contributed by atoms with Crippen molar-refractivity contribution in [1.29, 1.82) is 0 Å². The van der Waals surface area contributed by atoms with Crippen molar-refractivity contribution in [3.8, 4) is 0 Å². The Kier molecular flexibility index (Phi) is 4.61. The van der Waals surface area contributed by atoms with Gasteiger partial charge in [0, 0.05) is 0 Å². The molecule has 3 aromatic rings. The highest BCUT2D eigenvalue weighted by atomic mass is 16.5. The maximum absolute atomic E-state index is 12.4. The summed E-state index contributed by atoms with van der Waals surface area (Å²) < 4.78 is 6.54. The van der Waals surface area contributed by atoms with Crippen molar-refractivity contribution in [3.63, 3.8) is 0 Å². The molecule has 2 unspecified atom stereocenters. The lowest BCUT2D eigenvalue weighted by Crippen LogP contribution is -2.34. The van der Waals surface area contributed by atoms with Crippen molar-refractivity contribution >= 4 is 22.8 Å². The number of Topliss-reactive ketones (excluding diaryl/α,β-unsaturated/α-hetero) is 1. The van der Waals surface area contributed by atoms with Crippen LogP contribution in [0, 0.1) is 12.8 Å². The second kappa shape index (κ2) is 6.84. The maximum Gasteiger partial charge on any atom is 0.318 e. The number of hydrogen-bond acceptors (Lipinski definition) is 5. The molecule has 2 aromatic carbocycles. The van der Waals surface area contributed by atoms with Gasteiger partial charge in [-0.1, -0.05) is 41.6 Å². The lowest BCUT2D eigenvalue weighted by Gasteiger charge is -2.25. The van der Waals surface area contributed by atoms with Gasteiger partial charge in [-0.3, -0.25) is 9.59 Å². The minimum Gasteiger partial charge on any atom is -0.468 e. The van der Waals surface area contributed by atoms with E-state index in [4.69, 9.17) is 4.74 Å². The molecule has 0 spiro atoms. The summed E-state index contributed by atoms with van der Waals surface area (Å²) in [7, 11) is 1.28. The van der Waals surface area contributed by atoms with Crippen LogP contribution in [0.5, 0.6) is 0 Å². The standard InChI is InChI=1S/C19H19N3O3/c1-12-8-4-5-9-14(12)18(17(13(2)23)19(24)25-3)22-16-11-7-6-10-15(16)20-21-22/h4-11,17-18H,1-3H3. The van der Waals surface area contributed by atoms with Gasteiger partial charge in [0.15, 0.2) is 0 Å². The van der Waals surface area contributed by atoms with Crippen molar-refractivity contribution in [1.82, 2.24) is 15.0 Å². The molecule has 128 valence electrons. The van der Waals surface area contributed by atoms with E-state index in [0.29, 0.717) is 5.52 Å². The summed E-state index contributed by atoms with van der Waals surface area (Å²) in [5.74, 6) is -1.86. The molecular weight excluding hydrogens is 318 g/mol. The monoisotopic (exact) mass is 337 g/mol. The predicted molar refractivity (Wildman–Crippen MR) is 93.0 cm³/mol. The summed E-state index contributed by atoms with van der Waals surface area (Å²) >= 11 is 0. The van der Waals surface area contributed by atoms with Crippen LogP contribution < -0.4 is 0 Å². The van der Waals surface area contributed by atoms with E-state index in [0.717, 1.165) is 16.6 Å². The van der Waals surface area contributed by atoms with Gasteiger partial charge in [-0.25, -0.2) is 4.68 Å². The third-order valence-electron chi connectivity index (χ3n) is 4.36. The van der Waals surface area contributed by atoms with Crippen LogP contribution in [0.4, 0.5) is 0 Å². The molecule has 3 rings (SSSR count). The first kappa shape index (κ1) is 16.8. The number of benzene rings is 2. The number of aromatic nitrogens is 3. The first-order chi connectivity index (χ1) is 12.0. The van der Waals surface area contributed by atoms with Crippen LogP contribution in [0.15, 0.2) is 48.5 Å². The number of para-hydroxylation sites is 1. The Labute approximate surface area is 145 Å². The normalized spacial score (nSPS) is 13.4. The molecule has 6 heteroatoms. The molecule has 0 aliphatic heterocycles. The molecule has 0 aliphatic carbocycles. The zero-order valence-corrected chi connectivity index (χ0v) is 14.3. The van der Waals surface area contributed by atoms with Gasteiger partial charge in [-0.2, -0.15) is 0 Å². The fourth-order valence-electron chi connectivity index (χ4n) is 3.11. The van der Waals surface area contributed by atoms with E-state index in [1.165, 1.54) is 14.0 Å². The average molecular weight is 337 g/mol. The Morgan fingerprint density at radius 3 is 2.44 bits per heavy atom. The van der Waals surface area contributed by atoms with E-state index in [-0.39, 0.29) is 5.78 Å². The number of carbonyl (C=O) groups is 2. The fourth-order valence-corrected chi connectivity index (χ4v) is 3.11. The van der Waals surface area contributed by atoms with Crippen LogP contribution in [0.1, 0.15) is 24.1 Å². The number of nitrogens with zero attached hydrogens (tertiary/aromatic N) is 3. The lowest BCUT2D eigenvalue weighted by atomic mass is 9.87. The molecule has 25 heavy (non-hydrogen) atoms. The van der Waals surface area contributed by atoms with Gasteiger partial charge in [0.05, 0.1) is 18.7 Å². The molecular formula is C19H19N3O3. The van der Waals surface area contributed by atoms with Gasteiger partial charge in [0.25, 0.3) is 0 Å². The second-order valence-electron chi connectivity index (χ2n) is 5.94. The van der Waals surface area contributed by atoms with E-state index in [1.807, 2.05) is 55.5 Å². The topological polar surface area (TPSA) is 74.1 Å². The number of ketones is 1. The molecule has 0 N–H and O–H groups in total. The van der Waals surface area contributed by atoms with Crippen LogP contribution in [0.2, 0.25) is 0 Å². The SMILES string of the molecule is COC(=O)C(C(C)=O)C(c1ccccc1C)n1nnc2ccccc21. The Balaban J connectivity index is 2.27. The van der Waals surface area contributed by atoms with Crippen molar-refractivity contribution in [3.05, 3.63) is 59.7 Å². The first-order valence-electron chi connectivity index (χ1n) is 7.98. The van der Waals surface area contributed by atoms with Gasteiger partial charge in [0.2, 0.25) is 0 Å². The largest absolute Gasteiger partial charge is 0.468 e. The van der Waals surface area contributed by atoms with Crippen LogP contribution in [-0.2, 0) is 14.3 Å². The molecule has 0 saturated heterocycles. The minimum atomic E-state index is -1.00. The van der Waals surface area contributed by atoms with Crippen LogP contribution in [0.25, 0.3) is 11.0 Å². The summed E-state index contributed by atoms with van der Waals surface area (Å²) in [6.07, 6.45) is 0. The third kappa shape index (κ3) is 3.03. The molecule has 0 amide bonds. The maximum atomic E-state index is 12.4. The third-order valence-corrected chi connectivity index (χ3v) is 4.36. The van der Waals surface area contributed by atoms with E-state index in [2.05, 4.69) is 10.3 Å². The molecule has 2 atom stereocenters. The highest BCUT2D eigenvalue weighted by Crippen LogP contribution is 2.32. The number of carbonyl (C=O) groups excluding carboxylic acids is 2. The van der Waals surface area contributed by atoms with Gasteiger partial charge in [-0.15, -0.1) is 5.10 Å². The van der Waals surface area contributed by atoms with Crippen LogP contribution >= 0.6 is 0 Å². The van der Waals surface area contributed by atoms with E-state index < -0.39 is 17.9 Å². The summed E-state index contributed by atoms with van der Waals surface area (Å²) in [5, 5.41) is 8.41. The zero-order valence-electron chi connectivity index (χ0n) is 14.3. The Morgan fingerprint density at radius 1 is 1.08 bits per heavy atom. The molecule has 1 aromatic heterocycles. The molecule has 0 radical (unpaired) electrons. The summed E-state index contributed by atoms with van der Waals surface area (Å²) in [6, 6.07) is 14.5. The number of esters is 1. The van der Waals surface area contributed by atoms with Crippen molar-refractivity contribution in [2.45, 2.75) is 19.9 Å². The summed E-state index contributed by atoms with van der Waals surface area (Å²) in [5.41, 5.74) is 3.25. The molecule has 0 aliphatic rings. The highest BCUT2D eigenvalue weighted by molar-refractivity contribution is 5.99. The van der Waals surface area contributed by atoms with Crippen LogP contribution in [-0.4, -0.2) is 33.9 Å². The lowest BCUT2D eigenvalue weighted by molar-refractivity contribution is -0.150. The van der Waals surface area contributed by atoms with Gasteiger partial charge >= 0.3 is 5.97 Å². The van der Waals surface area contributed by atoms with Crippen molar-refractivity contribution in [2.24, 2.45) is 5.92 Å². The molecule has 0 saturated carbocycles. The second-order valence-corrected chi connectivity index (χ2v) is 5.94.